The van der Waals surface area contributed by atoms with E-state index < -0.39 is 0 Å². The van der Waals surface area contributed by atoms with Crippen molar-refractivity contribution in [2.75, 3.05) is 44.9 Å². The van der Waals surface area contributed by atoms with Crippen LogP contribution >= 0.6 is 0 Å². The molecule has 1 aliphatic heterocycles. The Kier molecular flexibility index (Phi) is 4.73. The molecule has 2 N–H and O–H groups in total. The molecule has 1 aliphatic rings. The number of anilines is 2. The number of carbonyl (C=O) groups excluding carboxylic acids is 1. The van der Waals surface area contributed by atoms with E-state index in [1.807, 2.05) is 19.1 Å². The zero-order valence-electron chi connectivity index (χ0n) is 13.3. The monoisotopic (exact) mass is 291 g/mol. The van der Waals surface area contributed by atoms with Crippen LogP contribution < -0.4 is 10.6 Å². The van der Waals surface area contributed by atoms with E-state index in [2.05, 4.69) is 23.9 Å². The lowest BCUT2D eigenvalue weighted by Crippen LogP contribution is -2.36. The molecule has 1 unspecified atom stereocenters. The summed E-state index contributed by atoms with van der Waals surface area (Å²) < 4.78 is 4.81. The normalized spacial score (nSPS) is 18.8. The molecule has 1 fully saturated rings. The summed E-state index contributed by atoms with van der Waals surface area (Å²) in [6.45, 7) is 4.02. The van der Waals surface area contributed by atoms with Crippen LogP contribution in [0.4, 0.5) is 11.4 Å². The number of hydrogen-bond donors (Lipinski definition) is 1. The number of aryl methyl sites for hydroxylation is 1. The molecule has 0 spiro atoms. The number of nitrogens with two attached hydrogens (primary N) is 1. The predicted octanol–water partition coefficient (Wildman–Crippen LogP) is 1.89. The maximum atomic E-state index is 11.8. The number of likely N-dealkylation sites (N-methyl/N-ethyl adjacent to an activating group) is 2. The molecule has 0 bridgehead atoms. The molecule has 1 aromatic carbocycles. The van der Waals surface area contributed by atoms with Gasteiger partial charge >= 0.3 is 5.97 Å². The molecule has 1 saturated heterocycles. The van der Waals surface area contributed by atoms with Crippen molar-refractivity contribution >= 4 is 17.3 Å². The van der Waals surface area contributed by atoms with Crippen molar-refractivity contribution in [2.24, 2.45) is 0 Å². The van der Waals surface area contributed by atoms with Gasteiger partial charge in [0.25, 0.3) is 0 Å². The average molecular weight is 291 g/mol. The number of esters is 1. The van der Waals surface area contributed by atoms with Crippen LogP contribution in [0.25, 0.3) is 0 Å². The Labute approximate surface area is 126 Å². The SMILES string of the molecule is COC(=O)c1cc(N(C)CC2CCCN2C)cc(C)c1N. The van der Waals surface area contributed by atoms with Gasteiger partial charge in [-0.2, -0.15) is 0 Å². The molecule has 0 saturated carbocycles. The third-order valence-corrected chi connectivity index (χ3v) is 4.37. The van der Waals surface area contributed by atoms with Crippen LogP contribution in [0.5, 0.6) is 0 Å². The highest BCUT2D eigenvalue weighted by atomic mass is 16.5. The van der Waals surface area contributed by atoms with E-state index in [4.69, 9.17) is 10.5 Å². The quantitative estimate of drug-likeness (QED) is 0.678. The first-order valence-corrected chi connectivity index (χ1v) is 7.34. The van der Waals surface area contributed by atoms with E-state index >= 15 is 0 Å². The van der Waals surface area contributed by atoms with Gasteiger partial charge in [-0.15, -0.1) is 0 Å². The third-order valence-electron chi connectivity index (χ3n) is 4.37. The van der Waals surface area contributed by atoms with Crippen LogP contribution in [-0.2, 0) is 4.74 Å². The molecule has 21 heavy (non-hydrogen) atoms. The minimum atomic E-state index is -0.385. The second-order valence-electron chi connectivity index (χ2n) is 5.87. The number of carbonyl (C=O) groups is 1. The van der Waals surface area contributed by atoms with Crippen LogP contribution in [-0.4, -0.2) is 51.2 Å². The van der Waals surface area contributed by atoms with Gasteiger partial charge in [0, 0.05) is 31.0 Å². The molecule has 5 nitrogen and oxygen atoms in total. The van der Waals surface area contributed by atoms with Gasteiger partial charge in [0.05, 0.1) is 12.7 Å². The van der Waals surface area contributed by atoms with E-state index in [1.165, 1.54) is 20.0 Å². The van der Waals surface area contributed by atoms with E-state index in [9.17, 15) is 4.79 Å². The third kappa shape index (κ3) is 3.29. The number of likely N-dealkylation sites (tertiary alicyclic amines) is 1. The smallest absolute Gasteiger partial charge is 0.340 e. The lowest BCUT2D eigenvalue weighted by Gasteiger charge is -2.28. The molecule has 1 heterocycles. The summed E-state index contributed by atoms with van der Waals surface area (Å²) in [5.41, 5.74) is 8.83. The molecular weight excluding hydrogens is 266 g/mol. The van der Waals surface area contributed by atoms with Crippen molar-refractivity contribution in [3.63, 3.8) is 0 Å². The first-order valence-electron chi connectivity index (χ1n) is 7.34. The van der Waals surface area contributed by atoms with E-state index in [0.717, 1.165) is 24.3 Å². The summed E-state index contributed by atoms with van der Waals surface area (Å²) in [6.07, 6.45) is 2.47. The molecule has 2 rings (SSSR count). The first-order chi connectivity index (χ1) is 9.93. The number of nitrogens with zero attached hydrogens (tertiary/aromatic N) is 2. The van der Waals surface area contributed by atoms with E-state index in [0.29, 0.717) is 17.3 Å². The summed E-state index contributed by atoms with van der Waals surface area (Å²) in [7, 11) is 5.60. The molecule has 1 aromatic rings. The Morgan fingerprint density at radius 2 is 2.24 bits per heavy atom. The van der Waals surface area contributed by atoms with Gasteiger partial charge < -0.3 is 20.3 Å². The molecule has 116 valence electrons. The van der Waals surface area contributed by atoms with Gasteiger partial charge in [-0.1, -0.05) is 0 Å². The Morgan fingerprint density at radius 1 is 1.52 bits per heavy atom. The van der Waals surface area contributed by atoms with Crippen molar-refractivity contribution in [2.45, 2.75) is 25.8 Å². The lowest BCUT2D eigenvalue weighted by atomic mass is 10.1. The van der Waals surface area contributed by atoms with Crippen molar-refractivity contribution < 1.29 is 9.53 Å². The van der Waals surface area contributed by atoms with Gasteiger partial charge in [-0.05, 0) is 51.1 Å². The summed E-state index contributed by atoms with van der Waals surface area (Å²) in [6, 6.07) is 4.41. The number of methoxy groups -OCH3 is 1. The minimum Gasteiger partial charge on any atom is -0.465 e. The van der Waals surface area contributed by atoms with Crippen molar-refractivity contribution in [3.8, 4) is 0 Å². The van der Waals surface area contributed by atoms with Crippen molar-refractivity contribution in [3.05, 3.63) is 23.3 Å². The highest BCUT2D eigenvalue weighted by Crippen LogP contribution is 2.26. The molecule has 5 heteroatoms. The number of hydrogen-bond acceptors (Lipinski definition) is 5. The number of benzene rings is 1. The second kappa shape index (κ2) is 6.35. The summed E-state index contributed by atoms with van der Waals surface area (Å²) >= 11 is 0. The molecule has 1 atom stereocenters. The van der Waals surface area contributed by atoms with Crippen molar-refractivity contribution in [1.29, 1.82) is 0 Å². The molecule has 0 amide bonds. The Balaban J connectivity index is 2.22. The van der Waals surface area contributed by atoms with Gasteiger partial charge in [0.2, 0.25) is 0 Å². The second-order valence-corrected chi connectivity index (χ2v) is 5.87. The summed E-state index contributed by atoms with van der Waals surface area (Å²) in [4.78, 5) is 16.4. The van der Waals surface area contributed by atoms with Gasteiger partial charge in [-0.25, -0.2) is 4.79 Å². The largest absolute Gasteiger partial charge is 0.465 e. The maximum Gasteiger partial charge on any atom is 0.340 e. The number of rotatable bonds is 4. The highest BCUT2D eigenvalue weighted by molar-refractivity contribution is 5.97. The topological polar surface area (TPSA) is 58.8 Å². The molecular formula is C16H25N3O2. The summed E-state index contributed by atoms with van der Waals surface area (Å²) in [5.74, 6) is -0.385. The molecule has 0 aliphatic carbocycles. The fourth-order valence-electron chi connectivity index (χ4n) is 2.91. The Hall–Kier alpha value is -1.75. The average Bonchev–Trinajstić information content (AvgIpc) is 2.86. The molecule has 0 radical (unpaired) electrons. The van der Waals surface area contributed by atoms with Crippen LogP contribution in [0.1, 0.15) is 28.8 Å². The van der Waals surface area contributed by atoms with E-state index in [-0.39, 0.29) is 5.97 Å². The number of ether oxygens (including phenoxy) is 1. The van der Waals surface area contributed by atoms with Crippen LogP contribution in [0.15, 0.2) is 12.1 Å². The highest BCUT2D eigenvalue weighted by Gasteiger charge is 2.23. The van der Waals surface area contributed by atoms with Gasteiger partial charge in [-0.3, -0.25) is 0 Å². The zero-order chi connectivity index (χ0) is 15.6. The van der Waals surface area contributed by atoms with E-state index in [1.54, 1.807) is 0 Å². The van der Waals surface area contributed by atoms with Crippen LogP contribution in [0.3, 0.4) is 0 Å². The van der Waals surface area contributed by atoms with Crippen LogP contribution in [0.2, 0.25) is 0 Å². The van der Waals surface area contributed by atoms with Crippen LogP contribution in [0, 0.1) is 6.92 Å². The minimum absolute atomic E-state index is 0.385. The fourth-order valence-corrected chi connectivity index (χ4v) is 2.91. The molecule has 0 aromatic heterocycles. The van der Waals surface area contributed by atoms with Gasteiger partial charge in [0.1, 0.15) is 0 Å². The maximum absolute atomic E-state index is 11.8. The zero-order valence-corrected chi connectivity index (χ0v) is 13.3. The first kappa shape index (κ1) is 15.6. The standard InChI is InChI=1S/C16H25N3O2/c1-11-8-13(9-14(15(11)17)16(20)21-4)19(3)10-12-6-5-7-18(12)2/h8-9,12H,5-7,10,17H2,1-4H3. The Morgan fingerprint density at radius 3 is 2.81 bits per heavy atom. The van der Waals surface area contributed by atoms with Gasteiger partial charge in [0.15, 0.2) is 0 Å². The number of nitrogen functional groups attached to an aromatic ring is 1. The predicted molar refractivity (Wildman–Crippen MR) is 85.9 cm³/mol. The Bertz CT molecular complexity index is 530. The summed E-state index contributed by atoms with van der Waals surface area (Å²) in [5, 5.41) is 0. The van der Waals surface area contributed by atoms with Crippen molar-refractivity contribution in [1.82, 2.24) is 4.90 Å². The lowest BCUT2D eigenvalue weighted by molar-refractivity contribution is 0.0602. The fraction of sp³-hybridized carbons (Fsp3) is 0.562.